The molecule has 0 spiro atoms. The van der Waals surface area contributed by atoms with Gasteiger partial charge in [0.05, 0.1) is 5.69 Å². The van der Waals surface area contributed by atoms with Crippen LogP contribution in [-0.4, -0.2) is 28.8 Å². The maximum Gasteiger partial charge on any atom is 0.454 e. The van der Waals surface area contributed by atoms with Gasteiger partial charge in [0.1, 0.15) is 5.84 Å². The van der Waals surface area contributed by atoms with E-state index in [4.69, 9.17) is 5.21 Å². The van der Waals surface area contributed by atoms with Crippen LogP contribution in [0.4, 0.5) is 18.9 Å². The maximum atomic E-state index is 12.3. The lowest BCUT2D eigenvalue weighted by atomic mass is 10.1. The molecule has 0 amide bonds. The number of ketones is 1. The van der Waals surface area contributed by atoms with Crippen molar-refractivity contribution in [1.29, 1.82) is 0 Å². The number of hydrogen-bond donors (Lipinski definition) is 2. The predicted octanol–water partition coefficient (Wildman–Crippen LogP) is 2.94. The van der Waals surface area contributed by atoms with Gasteiger partial charge in [-0.3, -0.25) is 15.5 Å². The standard InChI is InChI=1S/C11H9F3N2O2S/c12-11(13,14)10(17)6-1-2-7-8(5-6)19-4-3-9(15-7)16-18/h1-2,5,18H,3-4H2,(H,15,16). The first-order valence-corrected chi connectivity index (χ1v) is 6.26. The van der Waals surface area contributed by atoms with Gasteiger partial charge >= 0.3 is 6.18 Å². The Bertz CT molecular complexity index is 543. The van der Waals surface area contributed by atoms with E-state index in [-0.39, 0.29) is 0 Å². The van der Waals surface area contributed by atoms with E-state index in [1.807, 2.05) is 5.48 Å². The van der Waals surface area contributed by atoms with Crippen LogP contribution in [0.5, 0.6) is 0 Å². The molecule has 0 bridgehead atoms. The molecule has 0 unspecified atom stereocenters. The third-order valence-electron chi connectivity index (χ3n) is 2.46. The van der Waals surface area contributed by atoms with Gasteiger partial charge in [0.15, 0.2) is 0 Å². The van der Waals surface area contributed by atoms with Gasteiger partial charge in [-0.1, -0.05) is 0 Å². The Morgan fingerprint density at radius 1 is 1.42 bits per heavy atom. The Hall–Kier alpha value is -1.54. The molecule has 1 aliphatic heterocycles. The quantitative estimate of drug-likeness (QED) is 0.616. The van der Waals surface area contributed by atoms with Gasteiger partial charge in [-0.25, -0.2) is 4.99 Å². The summed E-state index contributed by atoms with van der Waals surface area (Å²) in [7, 11) is 0. The third-order valence-corrected chi connectivity index (χ3v) is 3.51. The summed E-state index contributed by atoms with van der Waals surface area (Å²) in [6.45, 7) is 0. The summed E-state index contributed by atoms with van der Waals surface area (Å²) in [4.78, 5) is 15.7. The number of rotatable bonds is 1. The Labute approximate surface area is 110 Å². The van der Waals surface area contributed by atoms with Crippen LogP contribution in [0.1, 0.15) is 16.8 Å². The second kappa shape index (κ2) is 5.22. The zero-order valence-electron chi connectivity index (χ0n) is 9.49. The molecule has 0 aromatic heterocycles. The largest absolute Gasteiger partial charge is 0.454 e. The van der Waals surface area contributed by atoms with Crippen molar-refractivity contribution in [2.75, 3.05) is 5.75 Å². The van der Waals surface area contributed by atoms with Crippen molar-refractivity contribution in [3.63, 3.8) is 0 Å². The molecule has 8 heteroatoms. The van der Waals surface area contributed by atoms with Crippen LogP contribution in [0.15, 0.2) is 28.1 Å². The molecule has 1 heterocycles. The molecule has 1 aromatic rings. The maximum absolute atomic E-state index is 12.3. The molecular formula is C11H9F3N2O2S. The van der Waals surface area contributed by atoms with Crippen molar-refractivity contribution < 1.29 is 23.2 Å². The first kappa shape index (κ1) is 13.9. The summed E-state index contributed by atoms with van der Waals surface area (Å²) in [6.07, 6.45) is -4.43. The number of nitrogens with one attached hydrogen (secondary N) is 1. The number of alkyl halides is 3. The second-order valence-electron chi connectivity index (χ2n) is 3.78. The van der Waals surface area contributed by atoms with E-state index in [1.165, 1.54) is 23.9 Å². The summed E-state index contributed by atoms with van der Waals surface area (Å²) in [6, 6.07) is 3.60. The first-order chi connectivity index (χ1) is 8.91. The van der Waals surface area contributed by atoms with Crippen molar-refractivity contribution in [3.8, 4) is 0 Å². The lowest BCUT2D eigenvalue weighted by Crippen LogP contribution is -2.22. The fraction of sp³-hybridized carbons (Fsp3) is 0.273. The van der Waals surface area contributed by atoms with Crippen molar-refractivity contribution >= 4 is 29.1 Å². The van der Waals surface area contributed by atoms with Crippen LogP contribution in [0.2, 0.25) is 0 Å². The van der Waals surface area contributed by atoms with Gasteiger partial charge in [0.25, 0.3) is 5.78 Å². The van der Waals surface area contributed by atoms with Gasteiger partial charge in [0, 0.05) is 22.6 Å². The minimum absolute atomic E-state index is 0.334. The molecule has 0 saturated carbocycles. The molecule has 2 N–H and O–H groups in total. The van der Waals surface area contributed by atoms with Gasteiger partial charge < -0.3 is 0 Å². The van der Waals surface area contributed by atoms with Gasteiger partial charge in [-0.2, -0.15) is 13.2 Å². The Balaban J connectivity index is 2.38. The summed E-state index contributed by atoms with van der Waals surface area (Å²) in [5.41, 5.74) is 1.96. The number of thioether (sulfide) groups is 1. The summed E-state index contributed by atoms with van der Waals surface area (Å²) >= 11 is 1.29. The highest BCUT2D eigenvalue weighted by Crippen LogP contribution is 2.35. The number of aliphatic imine (C=N–C) groups is 1. The molecule has 0 saturated heterocycles. The number of nitrogens with zero attached hydrogens (tertiary/aromatic N) is 1. The number of carbonyl (C=O) groups is 1. The highest BCUT2D eigenvalue weighted by molar-refractivity contribution is 7.99. The van der Waals surface area contributed by atoms with Crippen LogP contribution < -0.4 is 5.48 Å². The topological polar surface area (TPSA) is 61.7 Å². The molecule has 1 aliphatic rings. The molecule has 2 rings (SSSR count). The van der Waals surface area contributed by atoms with E-state index < -0.39 is 17.5 Å². The van der Waals surface area contributed by atoms with Crippen LogP contribution >= 0.6 is 11.8 Å². The number of amidine groups is 1. The van der Waals surface area contributed by atoms with Crippen LogP contribution in [0.25, 0.3) is 0 Å². The van der Waals surface area contributed by atoms with Crippen molar-refractivity contribution in [2.45, 2.75) is 17.5 Å². The number of Topliss-reactive ketones (excluding diaryl/α,β-unsaturated/α-hetero) is 1. The fourth-order valence-corrected chi connectivity index (χ4v) is 2.55. The number of halogens is 3. The fourth-order valence-electron chi connectivity index (χ4n) is 1.57. The second-order valence-corrected chi connectivity index (χ2v) is 4.91. The monoisotopic (exact) mass is 290 g/mol. The van der Waals surface area contributed by atoms with Crippen LogP contribution in [0, 0.1) is 0 Å². The van der Waals surface area contributed by atoms with Crippen molar-refractivity contribution in [1.82, 2.24) is 5.48 Å². The average molecular weight is 290 g/mol. The molecule has 0 fully saturated rings. The van der Waals surface area contributed by atoms with Gasteiger partial charge in [0.2, 0.25) is 0 Å². The highest BCUT2D eigenvalue weighted by Gasteiger charge is 2.39. The van der Waals surface area contributed by atoms with E-state index in [0.29, 0.717) is 28.6 Å². The summed E-state index contributed by atoms with van der Waals surface area (Å²) in [5.74, 6) is -0.992. The smallest absolute Gasteiger partial charge is 0.290 e. The lowest BCUT2D eigenvalue weighted by molar-refractivity contribution is -0.0885. The van der Waals surface area contributed by atoms with Crippen molar-refractivity contribution in [2.24, 2.45) is 4.99 Å². The van der Waals surface area contributed by atoms with Crippen LogP contribution in [0.3, 0.4) is 0 Å². The first-order valence-electron chi connectivity index (χ1n) is 5.28. The highest BCUT2D eigenvalue weighted by atomic mass is 32.2. The van der Waals surface area contributed by atoms with E-state index in [0.717, 1.165) is 6.07 Å². The zero-order chi connectivity index (χ0) is 14.0. The number of fused-ring (bicyclic) bond motifs is 1. The summed E-state index contributed by atoms with van der Waals surface area (Å²) < 4.78 is 37.0. The Morgan fingerprint density at radius 2 is 2.16 bits per heavy atom. The minimum atomic E-state index is -4.88. The Morgan fingerprint density at radius 3 is 2.79 bits per heavy atom. The van der Waals surface area contributed by atoms with Crippen molar-refractivity contribution in [3.05, 3.63) is 23.8 Å². The van der Waals surface area contributed by atoms with E-state index >= 15 is 0 Å². The molecule has 102 valence electrons. The molecule has 0 aliphatic carbocycles. The minimum Gasteiger partial charge on any atom is -0.290 e. The summed E-state index contributed by atoms with van der Waals surface area (Å²) in [5, 5.41) is 8.80. The number of hydrogen-bond acceptors (Lipinski definition) is 5. The van der Waals surface area contributed by atoms with E-state index in [9.17, 15) is 18.0 Å². The van der Waals surface area contributed by atoms with E-state index in [2.05, 4.69) is 4.99 Å². The molecule has 4 nitrogen and oxygen atoms in total. The lowest BCUT2D eigenvalue weighted by Gasteiger charge is -2.08. The third kappa shape index (κ3) is 3.07. The SMILES string of the molecule is O=C(c1ccc2c(c1)SCCC(NO)=N2)C(F)(F)F. The normalized spacial score (nSPS) is 15.3. The molecule has 19 heavy (non-hydrogen) atoms. The van der Waals surface area contributed by atoms with Gasteiger partial charge in [-0.15, -0.1) is 11.8 Å². The number of carbonyl (C=O) groups excluding carboxylic acids is 1. The molecule has 0 atom stereocenters. The van der Waals surface area contributed by atoms with E-state index in [1.54, 1.807) is 0 Å². The molecule has 1 aromatic carbocycles. The number of hydroxylamine groups is 1. The zero-order valence-corrected chi connectivity index (χ0v) is 10.3. The Kier molecular flexibility index (Phi) is 3.81. The van der Waals surface area contributed by atoms with Gasteiger partial charge in [-0.05, 0) is 18.2 Å². The predicted molar refractivity (Wildman–Crippen MR) is 64.2 cm³/mol. The average Bonchev–Trinajstić information content (AvgIpc) is 2.57. The number of benzene rings is 1. The molecular weight excluding hydrogens is 281 g/mol. The van der Waals surface area contributed by atoms with Crippen LogP contribution in [-0.2, 0) is 0 Å². The molecule has 0 radical (unpaired) electrons.